The molecule has 0 saturated carbocycles. The number of hydrogen-bond acceptors (Lipinski definition) is 4. The monoisotopic (exact) mass is 219 g/mol. The SMILES string of the molecule is COCCC(C)C(N)C1CSCCO1. The molecule has 14 heavy (non-hydrogen) atoms. The number of rotatable bonds is 5. The molecule has 1 heterocycles. The van der Waals surface area contributed by atoms with E-state index < -0.39 is 0 Å². The molecule has 0 bridgehead atoms. The first-order chi connectivity index (χ1) is 6.75. The van der Waals surface area contributed by atoms with Gasteiger partial charge in [0.15, 0.2) is 0 Å². The van der Waals surface area contributed by atoms with Crippen LogP contribution in [0.5, 0.6) is 0 Å². The molecular formula is C10H21NO2S. The van der Waals surface area contributed by atoms with Gasteiger partial charge in [0.1, 0.15) is 0 Å². The molecule has 1 fully saturated rings. The highest BCUT2D eigenvalue weighted by Gasteiger charge is 2.25. The standard InChI is InChI=1S/C10H21NO2S/c1-8(3-4-12-2)10(11)9-7-14-6-5-13-9/h8-10H,3-7,11H2,1-2H3. The Hall–Kier alpha value is 0.230. The van der Waals surface area contributed by atoms with Gasteiger partial charge in [-0.15, -0.1) is 0 Å². The minimum atomic E-state index is 0.151. The predicted molar refractivity (Wildman–Crippen MR) is 60.7 cm³/mol. The van der Waals surface area contributed by atoms with Crippen molar-refractivity contribution in [1.82, 2.24) is 0 Å². The van der Waals surface area contributed by atoms with E-state index in [0.29, 0.717) is 5.92 Å². The summed E-state index contributed by atoms with van der Waals surface area (Å²) in [5.74, 6) is 2.62. The van der Waals surface area contributed by atoms with Crippen molar-refractivity contribution in [3.8, 4) is 0 Å². The predicted octanol–water partition coefficient (Wildman–Crippen LogP) is 1.12. The summed E-state index contributed by atoms with van der Waals surface area (Å²) in [5.41, 5.74) is 6.14. The van der Waals surface area contributed by atoms with Crippen molar-refractivity contribution in [2.24, 2.45) is 11.7 Å². The summed E-state index contributed by atoms with van der Waals surface area (Å²) in [6.45, 7) is 3.81. The van der Waals surface area contributed by atoms with Crippen LogP contribution in [-0.4, -0.2) is 44.0 Å². The Kier molecular flexibility index (Phi) is 5.86. The van der Waals surface area contributed by atoms with E-state index in [0.717, 1.165) is 31.1 Å². The van der Waals surface area contributed by atoms with Crippen molar-refractivity contribution >= 4 is 11.8 Å². The van der Waals surface area contributed by atoms with Crippen LogP contribution >= 0.6 is 11.8 Å². The largest absolute Gasteiger partial charge is 0.385 e. The van der Waals surface area contributed by atoms with E-state index in [4.69, 9.17) is 15.2 Å². The van der Waals surface area contributed by atoms with Crippen LogP contribution in [0.2, 0.25) is 0 Å². The van der Waals surface area contributed by atoms with E-state index in [1.807, 2.05) is 11.8 Å². The highest BCUT2D eigenvalue weighted by molar-refractivity contribution is 7.99. The van der Waals surface area contributed by atoms with Crippen molar-refractivity contribution < 1.29 is 9.47 Å². The Morgan fingerprint density at radius 3 is 3.00 bits per heavy atom. The average Bonchev–Trinajstić information content (AvgIpc) is 2.26. The van der Waals surface area contributed by atoms with E-state index in [9.17, 15) is 0 Å². The lowest BCUT2D eigenvalue weighted by atomic mass is 9.95. The first-order valence-corrected chi connectivity index (χ1v) is 6.35. The Labute approximate surface area is 90.7 Å². The van der Waals surface area contributed by atoms with Crippen LogP contribution in [0.25, 0.3) is 0 Å². The maximum absolute atomic E-state index is 6.14. The molecule has 1 aliphatic heterocycles. The lowest BCUT2D eigenvalue weighted by Gasteiger charge is -2.31. The quantitative estimate of drug-likeness (QED) is 0.752. The molecule has 0 amide bonds. The van der Waals surface area contributed by atoms with Gasteiger partial charge < -0.3 is 15.2 Å². The van der Waals surface area contributed by atoms with Crippen LogP contribution in [0.4, 0.5) is 0 Å². The second-order valence-corrected chi connectivity index (χ2v) is 4.97. The fourth-order valence-electron chi connectivity index (χ4n) is 1.59. The fraction of sp³-hybridized carbons (Fsp3) is 1.00. The Bertz CT molecular complexity index is 151. The highest BCUT2D eigenvalue weighted by atomic mass is 32.2. The number of ether oxygens (including phenoxy) is 2. The summed E-state index contributed by atoms with van der Waals surface area (Å²) in [4.78, 5) is 0. The van der Waals surface area contributed by atoms with E-state index >= 15 is 0 Å². The summed E-state index contributed by atoms with van der Waals surface area (Å²) in [5, 5.41) is 0. The van der Waals surface area contributed by atoms with Crippen molar-refractivity contribution in [2.45, 2.75) is 25.5 Å². The Morgan fingerprint density at radius 1 is 1.64 bits per heavy atom. The minimum absolute atomic E-state index is 0.151. The highest BCUT2D eigenvalue weighted by Crippen LogP contribution is 2.19. The second-order valence-electron chi connectivity index (χ2n) is 3.82. The van der Waals surface area contributed by atoms with Gasteiger partial charge in [-0.3, -0.25) is 0 Å². The smallest absolute Gasteiger partial charge is 0.0819 e. The zero-order valence-electron chi connectivity index (χ0n) is 9.07. The number of thioether (sulfide) groups is 1. The third-order valence-corrected chi connectivity index (χ3v) is 3.72. The third kappa shape index (κ3) is 3.77. The molecule has 1 aliphatic rings. The van der Waals surface area contributed by atoms with E-state index in [-0.39, 0.29) is 12.1 Å². The van der Waals surface area contributed by atoms with Gasteiger partial charge in [-0.1, -0.05) is 6.92 Å². The molecule has 1 saturated heterocycles. The molecule has 84 valence electrons. The molecule has 0 radical (unpaired) electrons. The van der Waals surface area contributed by atoms with Gasteiger partial charge in [0, 0.05) is 31.3 Å². The van der Waals surface area contributed by atoms with Crippen molar-refractivity contribution in [1.29, 1.82) is 0 Å². The summed E-state index contributed by atoms with van der Waals surface area (Å²) in [6, 6.07) is 0.151. The number of hydrogen-bond donors (Lipinski definition) is 1. The maximum atomic E-state index is 6.14. The Balaban J connectivity index is 2.26. The Morgan fingerprint density at radius 2 is 2.43 bits per heavy atom. The topological polar surface area (TPSA) is 44.5 Å². The third-order valence-electron chi connectivity index (χ3n) is 2.71. The van der Waals surface area contributed by atoms with Crippen LogP contribution in [0.15, 0.2) is 0 Å². The summed E-state index contributed by atoms with van der Waals surface area (Å²) in [7, 11) is 1.73. The van der Waals surface area contributed by atoms with Gasteiger partial charge >= 0.3 is 0 Å². The first-order valence-electron chi connectivity index (χ1n) is 5.19. The van der Waals surface area contributed by atoms with Gasteiger partial charge in [0.2, 0.25) is 0 Å². The normalized spacial score (nSPS) is 27.2. The lowest BCUT2D eigenvalue weighted by Crippen LogP contribution is -2.45. The van der Waals surface area contributed by atoms with Crippen LogP contribution in [0.3, 0.4) is 0 Å². The number of nitrogens with two attached hydrogens (primary N) is 1. The molecule has 4 heteroatoms. The molecule has 1 rings (SSSR count). The molecule has 0 spiro atoms. The fourth-order valence-corrected chi connectivity index (χ4v) is 2.52. The average molecular weight is 219 g/mol. The van der Waals surface area contributed by atoms with E-state index in [2.05, 4.69) is 6.92 Å². The minimum Gasteiger partial charge on any atom is -0.385 e. The lowest BCUT2D eigenvalue weighted by molar-refractivity contribution is 0.0389. The van der Waals surface area contributed by atoms with Crippen LogP contribution in [-0.2, 0) is 9.47 Å². The number of methoxy groups -OCH3 is 1. The van der Waals surface area contributed by atoms with Crippen molar-refractivity contribution in [3.63, 3.8) is 0 Å². The van der Waals surface area contributed by atoms with Crippen molar-refractivity contribution in [2.75, 3.05) is 31.8 Å². The van der Waals surface area contributed by atoms with Gasteiger partial charge in [0.25, 0.3) is 0 Å². The summed E-state index contributed by atoms with van der Waals surface area (Å²) in [6.07, 6.45) is 1.25. The zero-order valence-corrected chi connectivity index (χ0v) is 9.89. The van der Waals surface area contributed by atoms with Crippen molar-refractivity contribution in [3.05, 3.63) is 0 Å². The molecule has 0 aromatic rings. The summed E-state index contributed by atoms with van der Waals surface area (Å²) < 4.78 is 10.7. The van der Waals surface area contributed by atoms with Crippen LogP contribution in [0, 0.1) is 5.92 Å². The molecule has 0 aliphatic carbocycles. The second kappa shape index (κ2) is 6.67. The van der Waals surface area contributed by atoms with Gasteiger partial charge in [-0.2, -0.15) is 11.8 Å². The van der Waals surface area contributed by atoms with Crippen LogP contribution < -0.4 is 5.73 Å². The molecule has 0 aromatic carbocycles. The molecule has 2 N–H and O–H groups in total. The molecule has 3 unspecified atom stereocenters. The molecule has 3 atom stereocenters. The summed E-state index contributed by atoms with van der Waals surface area (Å²) >= 11 is 1.94. The van der Waals surface area contributed by atoms with E-state index in [1.165, 1.54) is 0 Å². The van der Waals surface area contributed by atoms with Gasteiger partial charge in [-0.05, 0) is 12.3 Å². The molecular weight excluding hydrogens is 198 g/mol. The van der Waals surface area contributed by atoms with E-state index in [1.54, 1.807) is 7.11 Å². The first kappa shape index (κ1) is 12.3. The van der Waals surface area contributed by atoms with Gasteiger partial charge in [0.05, 0.1) is 12.7 Å². The molecule has 0 aromatic heterocycles. The van der Waals surface area contributed by atoms with Gasteiger partial charge in [-0.25, -0.2) is 0 Å². The molecule has 3 nitrogen and oxygen atoms in total. The van der Waals surface area contributed by atoms with Crippen LogP contribution in [0.1, 0.15) is 13.3 Å². The zero-order chi connectivity index (χ0) is 10.4. The maximum Gasteiger partial charge on any atom is 0.0819 e.